The number of piperidine rings is 1. The van der Waals surface area contributed by atoms with Gasteiger partial charge in [-0.2, -0.15) is 0 Å². The molecule has 0 radical (unpaired) electrons. The van der Waals surface area contributed by atoms with E-state index in [1.54, 1.807) is 27.7 Å². The summed E-state index contributed by atoms with van der Waals surface area (Å²) in [7, 11) is 0. The molecule has 1 saturated heterocycles. The second-order valence-electron chi connectivity index (χ2n) is 9.15. The highest BCUT2D eigenvalue weighted by molar-refractivity contribution is 5.97. The minimum atomic E-state index is -1.56. The molecule has 1 heterocycles. The first-order valence-electron chi connectivity index (χ1n) is 10.9. The van der Waals surface area contributed by atoms with Crippen molar-refractivity contribution in [3.05, 3.63) is 35.9 Å². The van der Waals surface area contributed by atoms with E-state index in [-0.39, 0.29) is 18.9 Å². The number of nitrogens with one attached hydrogen (secondary N) is 1. The van der Waals surface area contributed by atoms with Crippen molar-refractivity contribution in [1.29, 1.82) is 0 Å². The van der Waals surface area contributed by atoms with Crippen LogP contribution in [0.15, 0.2) is 30.3 Å². The summed E-state index contributed by atoms with van der Waals surface area (Å²) in [5, 5.41) is 3.23. The minimum absolute atomic E-state index is 0.141. The van der Waals surface area contributed by atoms with Crippen LogP contribution < -0.4 is 5.32 Å². The molecular formula is C24H35NO6. The third-order valence-electron chi connectivity index (χ3n) is 5.14. The Morgan fingerprint density at radius 1 is 1.06 bits per heavy atom. The van der Waals surface area contributed by atoms with E-state index in [9.17, 15) is 14.4 Å². The zero-order chi connectivity index (χ0) is 23.1. The molecule has 1 aromatic rings. The third kappa shape index (κ3) is 7.35. The number of hydrogen-bond donors (Lipinski definition) is 1. The Labute approximate surface area is 184 Å². The highest BCUT2D eigenvalue weighted by Crippen LogP contribution is 2.28. The maximum atomic E-state index is 13.3. The van der Waals surface area contributed by atoms with Crippen LogP contribution in [-0.2, 0) is 35.0 Å². The van der Waals surface area contributed by atoms with Crippen LogP contribution in [0.3, 0.4) is 0 Å². The lowest BCUT2D eigenvalue weighted by Crippen LogP contribution is -2.49. The van der Waals surface area contributed by atoms with Crippen molar-refractivity contribution in [1.82, 2.24) is 5.32 Å². The smallest absolute Gasteiger partial charge is 0.350 e. The average molecular weight is 434 g/mol. The number of carbonyl (C=O) groups is 3. The molecule has 1 N–H and O–H groups in total. The van der Waals surface area contributed by atoms with E-state index in [0.29, 0.717) is 13.0 Å². The fourth-order valence-corrected chi connectivity index (χ4v) is 3.71. The molecule has 7 heteroatoms. The summed E-state index contributed by atoms with van der Waals surface area (Å²) < 4.78 is 16.5. The molecule has 0 spiro atoms. The Kier molecular flexibility index (Phi) is 8.62. The van der Waals surface area contributed by atoms with Gasteiger partial charge in [-0.3, -0.25) is 9.59 Å². The summed E-state index contributed by atoms with van der Waals surface area (Å²) in [6.45, 7) is 9.98. The molecule has 0 aliphatic carbocycles. The van der Waals surface area contributed by atoms with Gasteiger partial charge in [-0.05, 0) is 72.0 Å². The molecule has 0 saturated carbocycles. The lowest BCUT2D eigenvalue weighted by molar-refractivity contribution is -0.190. The zero-order valence-electron chi connectivity index (χ0n) is 19.2. The second kappa shape index (κ2) is 10.8. The van der Waals surface area contributed by atoms with Gasteiger partial charge >= 0.3 is 17.9 Å². The third-order valence-corrected chi connectivity index (χ3v) is 5.14. The Bertz CT molecular complexity index is 751. The van der Waals surface area contributed by atoms with Gasteiger partial charge in [0.05, 0.1) is 6.61 Å². The summed E-state index contributed by atoms with van der Waals surface area (Å²) in [6.07, 6.45) is 1.68. The standard InChI is InChI=1S/C24H35NO6/c1-6-29-22(28)24(5,15-17-11-8-7-9-12-17)31-21(27)19(18-13-10-14-25-16-18)20(26)30-23(2,3)4/h7-9,11-12,18-19,25H,6,10,13-16H2,1-5H3/t18-,19+,24+/m0/s1. The number of carbonyl (C=O) groups excluding carboxylic acids is 3. The van der Waals surface area contributed by atoms with Crippen molar-refractivity contribution in [2.24, 2.45) is 11.8 Å². The van der Waals surface area contributed by atoms with Gasteiger partial charge < -0.3 is 19.5 Å². The van der Waals surface area contributed by atoms with E-state index in [1.807, 2.05) is 30.3 Å². The van der Waals surface area contributed by atoms with Crippen LogP contribution in [0.2, 0.25) is 0 Å². The van der Waals surface area contributed by atoms with E-state index in [4.69, 9.17) is 14.2 Å². The number of esters is 3. The SMILES string of the molecule is CCOC(=O)[C@@](C)(Cc1ccccc1)OC(=O)[C@@H](C(=O)OC(C)(C)C)[C@H]1CCCNC1. The molecule has 1 fully saturated rings. The van der Waals surface area contributed by atoms with Crippen LogP contribution in [0.25, 0.3) is 0 Å². The minimum Gasteiger partial charge on any atom is -0.463 e. The van der Waals surface area contributed by atoms with Crippen LogP contribution in [0.1, 0.15) is 53.0 Å². The van der Waals surface area contributed by atoms with Crippen molar-refractivity contribution >= 4 is 17.9 Å². The van der Waals surface area contributed by atoms with Crippen molar-refractivity contribution in [3.63, 3.8) is 0 Å². The highest BCUT2D eigenvalue weighted by atomic mass is 16.6. The van der Waals surface area contributed by atoms with Crippen LogP contribution in [0.4, 0.5) is 0 Å². The quantitative estimate of drug-likeness (QED) is 0.383. The zero-order valence-corrected chi connectivity index (χ0v) is 19.2. The Morgan fingerprint density at radius 3 is 2.26 bits per heavy atom. The number of rotatable bonds is 8. The Hall–Kier alpha value is -2.41. The van der Waals surface area contributed by atoms with E-state index >= 15 is 0 Å². The van der Waals surface area contributed by atoms with Gasteiger partial charge in [-0.25, -0.2) is 4.79 Å². The first-order chi connectivity index (χ1) is 14.6. The summed E-state index contributed by atoms with van der Waals surface area (Å²) in [6, 6.07) is 9.26. The van der Waals surface area contributed by atoms with Gasteiger partial charge in [0.15, 0.2) is 5.92 Å². The first kappa shape index (κ1) is 24.9. The second-order valence-corrected chi connectivity index (χ2v) is 9.15. The van der Waals surface area contributed by atoms with Crippen LogP contribution >= 0.6 is 0 Å². The molecule has 2 rings (SSSR count). The first-order valence-corrected chi connectivity index (χ1v) is 10.9. The monoisotopic (exact) mass is 433 g/mol. The fraction of sp³-hybridized carbons (Fsp3) is 0.625. The van der Waals surface area contributed by atoms with E-state index < -0.39 is 35.0 Å². The average Bonchev–Trinajstić information content (AvgIpc) is 2.68. The number of ether oxygens (including phenoxy) is 3. The fourth-order valence-electron chi connectivity index (χ4n) is 3.71. The molecule has 0 amide bonds. The van der Waals surface area contributed by atoms with Crippen molar-refractivity contribution in [2.75, 3.05) is 19.7 Å². The maximum absolute atomic E-state index is 13.3. The molecule has 1 aliphatic heterocycles. The van der Waals surface area contributed by atoms with Gasteiger partial charge in [0.25, 0.3) is 0 Å². The molecule has 0 aromatic heterocycles. The van der Waals surface area contributed by atoms with Gasteiger partial charge in [0.1, 0.15) is 5.60 Å². The topological polar surface area (TPSA) is 90.9 Å². The molecule has 0 bridgehead atoms. The summed E-state index contributed by atoms with van der Waals surface area (Å²) >= 11 is 0. The van der Waals surface area contributed by atoms with Gasteiger partial charge in [0, 0.05) is 6.42 Å². The Balaban J connectivity index is 2.30. The van der Waals surface area contributed by atoms with E-state index in [1.165, 1.54) is 6.92 Å². The molecule has 0 unspecified atom stereocenters. The molecular weight excluding hydrogens is 398 g/mol. The normalized spacial score (nSPS) is 19.6. The Morgan fingerprint density at radius 2 is 1.71 bits per heavy atom. The van der Waals surface area contributed by atoms with Gasteiger partial charge in [-0.15, -0.1) is 0 Å². The highest BCUT2D eigenvalue weighted by Gasteiger charge is 2.46. The van der Waals surface area contributed by atoms with Gasteiger partial charge in [0.2, 0.25) is 5.60 Å². The van der Waals surface area contributed by atoms with Gasteiger partial charge in [-0.1, -0.05) is 30.3 Å². The van der Waals surface area contributed by atoms with Crippen molar-refractivity contribution in [2.45, 2.75) is 65.1 Å². The number of benzene rings is 1. The van der Waals surface area contributed by atoms with E-state index in [0.717, 1.165) is 18.5 Å². The predicted octanol–water partition coefficient (Wildman–Crippen LogP) is 3.05. The lowest BCUT2D eigenvalue weighted by Gasteiger charge is -2.33. The summed E-state index contributed by atoms with van der Waals surface area (Å²) in [5.74, 6) is -3.40. The lowest BCUT2D eigenvalue weighted by atomic mass is 9.85. The summed E-state index contributed by atoms with van der Waals surface area (Å²) in [4.78, 5) is 39.1. The molecule has 1 aromatic carbocycles. The molecule has 172 valence electrons. The maximum Gasteiger partial charge on any atom is 0.350 e. The molecule has 3 atom stereocenters. The van der Waals surface area contributed by atoms with Crippen LogP contribution in [0, 0.1) is 11.8 Å². The van der Waals surface area contributed by atoms with E-state index in [2.05, 4.69) is 5.32 Å². The van der Waals surface area contributed by atoms with Crippen LogP contribution in [0.5, 0.6) is 0 Å². The summed E-state index contributed by atoms with van der Waals surface area (Å²) in [5.41, 5.74) is -1.48. The van der Waals surface area contributed by atoms with Crippen molar-refractivity contribution < 1.29 is 28.6 Å². The largest absolute Gasteiger partial charge is 0.463 e. The van der Waals surface area contributed by atoms with Crippen LogP contribution in [-0.4, -0.2) is 48.8 Å². The molecule has 31 heavy (non-hydrogen) atoms. The predicted molar refractivity (Wildman–Crippen MR) is 116 cm³/mol. The van der Waals surface area contributed by atoms with Crippen molar-refractivity contribution in [3.8, 4) is 0 Å². The molecule has 7 nitrogen and oxygen atoms in total. The number of hydrogen-bond acceptors (Lipinski definition) is 7. The molecule has 1 aliphatic rings.